The number of Topliss-reactive ketones (excluding diaryl/α,β-unsaturated/α-hetero) is 1. The highest BCUT2D eigenvalue weighted by Gasteiger charge is 2.29. The van der Waals surface area contributed by atoms with Crippen LogP contribution in [-0.4, -0.2) is 15.9 Å². The van der Waals surface area contributed by atoms with Crippen molar-refractivity contribution >= 4 is 5.78 Å². The van der Waals surface area contributed by atoms with Crippen molar-refractivity contribution < 1.29 is 9.32 Å². The first-order valence-electron chi connectivity index (χ1n) is 7.30. The zero-order chi connectivity index (χ0) is 14.4. The Hall–Kier alpha value is -1.19. The summed E-state index contributed by atoms with van der Waals surface area (Å²) in [6.45, 7) is 10.3. The van der Waals surface area contributed by atoms with Crippen LogP contribution < -0.4 is 0 Å². The van der Waals surface area contributed by atoms with Crippen LogP contribution >= 0.6 is 0 Å². The zero-order valence-corrected chi connectivity index (χ0v) is 12.8. The predicted molar refractivity (Wildman–Crippen MR) is 75.0 cm³/mol. The van der Waals surface area contributed by atoms with Crippen LogP contribution in [0.25, 0.3) is 0 Å². The third-order valence-corrected chi connectivity index (χ3v) is 3.13. The number of carbonyl (C=O) groups is 1. The molecule has 0 radical (unpaired) electrons. The van der Waals surface area contributed by atoms with Gasteiger partial charge in [-0.1, -0.05) is 46.2 Å². The Kier molecular flexibility index (Phi) is 6.19. The topological polar surface area (TPSA) is 56.0 Å². The Balaban J connectivity index is 2.81. The predicted octanol–water partition coefficient (Wildman–Crippen LogP) is 3.77. The maximum absolute atomic E-state index is 12.3. The van der Waals surface area contributed by atoms with Gasteiger partial charge < -0.3 is 4.52 Å². The fourth-order valence-electron chi connectivity index (χ4n) is 2.17. The van der Waals surface area contributed by atoms with Crippen molar-refractivity contribution in [2.45, 2.75) is 66.2 Å². The van der Waals surface area contributed by atoms with Crippen LogP contribution in [0.3, 0.4) is 0 Å². The van der Waals surface area contributed by atoms with Crippen molar-refractivity contribution in [3.63, 3.8) is 0 Å². The molecule has 1 unspecified atom stereocenters. The second-order valence-electron chi connectivity index (χ2n) is 5.94. The Morgan fingerprint density at radius 1 is 1.26 bits per heavy atom. The number of carbonyl (C=O) groups excluding carboxylic acids is 1. The third kappa shape index (κ3) is 4.77. The van der Waals surface area contributed by atoms with Gasteiger partial charge in [-0.15, -0.1) is 0 Å². The Morgan fingerprint density at radius 3 is 2.47 bits per heavy atom. The van der Waals surface area contributed by atoms with E-state index in [9.17, 15) is 4.79 Å². The molecule has 0 saturated carbocycles. The third-order valence-electron chi connectivity index (χ3n) is 3.13. The molecule has 19 heavy (non-hydrogen) atoms. The summed E-state index contributed by atoms with van der Waals surface area (Å²) in [5, 5.41) is 4.01. The van der Waals surface area contributed by atoms with Crippen LogP contribution in [0.4, 0.5) is 0 Å². The van der Waals surface area contributed by atoms with Crippen molar-refractivity contribution in [2.75, 3.05) is 0 Å². The van der Waals surface area contributed by atoms with Crippen LogP contribution in [0.5, 0.6) is 0 Å². The molecule has 108 valence electrons. The summed E-state index contributed by atoms with van der Waals surface area (Å²) >= 11 is 0. The first-order valence-corrected chi connectivity index (χ1v) is 7.30. The van der Waals surface area contributed by atoms with Gasteiger partial charge in [-0.05, 0) is 18.3 Å². The quantitative estimate of drug-likeness (QED) is 0.718. The van der Waals surface area contributed by atoms with Gasteiger partial charge in [-0.25, -0.2) is 0 Å². The van der Waals surface area contributed by atoms with Gasteiger partial charge in [-0.3, -0.25) is 4.79 Å². The summed E-state index contributed by atoms with van der Waals surface area (Å²) in [6.07, 6.45) is 3.50. The summed E-state index contributed by atoms with van der Waals surface area (Å²) in [4.78, 5) is 16.7. The van der Waals surface area contributed by atoms with Crippen LogP contribution in [-0.2, 0) is 11.2 Å². The molecule has 1 rings (SSSR count). The van der Waals surface area contributed by atoms with E-state index >= 15 is 0 Å². The van der Waals surface area contributed by atoms with E-state index in [1.807, 2.05) is 13.8 Å². The molecule has 1 aromatic rings. The second-order valence-corrected chi connectivity index (χ2v) is 5.94. The number of rotatable bonds is 8. The highest BCUT2D eigenvalue weighted by molar-refractivity contribution is 5.85. The average molecular weight is 266 g/mol. The minimum atomic E-state index is -0.235. The molecule has 0 saturated heterocycles. The SMILES string of the molecule is CCCCc1nc(C(C(=O)CC(C)C)C(C)C)no1. The molecule has 0 aromatic carbocycles. The van der Waals surface area contributed by atoms with E-state index in [4.69, 9.17) is 4.52 Å². The van der Waals surface area contributed by atoms with Gasteiger partial charge in [0.1, 0.15) is 5.78 Å². The second kappa shape index (κ2) is 7.41. The van der Waals surface area contributed by atoms with E-state index in [-0.39, 0.29) is 17.6 Å². The molecule has 0 fully saturated rings. The summed E-state index contributed by atoms with van der Waals surface area (Å²) in [6, 6.07) is 0. The molecule has 1 aromatic heterocycles. The molecule has 4 heteroatoms. The van der Waals surface area contributed by atoms with Gasteiger partial charge in [-0.2, -0.15) is 4.98 Å². The lowest BCUT2D eigenvalue weighted by atomic mass is 9.87. The molecule has 1 heterocycles. The first kappa shape index (κ1) is 15.9. The molecular weight excluding hydrogens is 240 g/mol. The van der Waals surface area contributed by atoms with E-state index in [0.29, 0.717) is 24.1 Å². The fraction of sp³-hybridized carbons (Fsp3) is 0.800. The van der Waals surface area contributed by atoms with Crippen LogP contribution in [0.1, 0.15) is 71.5 Å². The van der Waals surface area contributed by atoms with Crippen LogP contribution in [0.15, 0.2) is 4.52 Å². The van der Waals surface area contributed by atoms with Crippen LogP contribution in [0, 0.1) is 11.8 Å². The Morgan fingerprint density at radius 2 is 1.95 bits per heavy atom. The number of nitrogens with zero attached hydrogens (tertiary/aromatic N) is 2. The fourth-order valence-corrected chi connectivity index (χ4v) is 2.17. The standard InChI is InChI=1S/C15H26N2O2/c1-6-7-8-13-16-15(17-19-13)14(11(4)5)12(18)9-10(2)3/h10-11,14H,6-9H2,1-5H3. The lowest BCUT2D eigenvalue weighted by Crippen LogP contribution is -2.21. The number of ketones is 1. The summed E-state index contributed by atoms with van der Waals surface area (Å²) in [5.41, 5.74) is 0. The Labute approximate surface area is 116 Å². The van der Waals surface area contributed by atoms with Gasteiger partial charge in [0, 0.05) is 12.8 Å². The highest BCUT2D eigenvalue weighted by Crippen LogP contribution is 2.26. The number of aromatic nitrogens is 2. The number of unbranched alkanes of at least 4 members (excludes halogenated alkanes) is 1. The van der Waals surface area contributed by atoms with Gasteiger partial charge >= 0.3 is 0 Å². The molecule has 0 aliphatic carbocycles. The smallest absolute Gasteiger partial charge is 0.226 e. The van der Waals surface area contributed by atoms with Crippen molar-refractivity contribution in [2.24, 2.45) is 11.8 Å². The minimum Gasteiger partial charge on any atom is -0.339 e. The monoisotopic (exact) mass is 266 g/mol. The zero-order valence-electron chi connectivity index (χ0n) is 12.8. The summed E-state index contributed by atoms with van der Waals surface area (Å²) in [5.74, 6) is 1.75. The van der Waals surface area contributed by atoms with E-state index < -0.39 is 0 Å². The van der Waals surface area contributed by atoms with Gasteiger partial charge in [0.2, 0.25) is 5.89 Å². The largest absolute Gasteiger partial charge is 0.339 e. The molecule has 0 spiro atoms. The number of aryl methyl sites for hydroxylation is 1. The molecule has 4 nitrogen and oxygen atoms in total. The van der Waals surface area contributed by atoms with Crippen molar-refractivity contribution in [3.05, 3.63) is 11.7 Å². The van der Waals surface area contributed by atoms with Gasteiger partial charge in [0.15, 0.2) is 5.82 Å². The molecule has 0 aliphatic heterocycles. The van der Waals surface area contributed by atoms with Crippen LogP contribution in [0.2, 0.25) is 0 Å². The Bertz CT molecular complexity index is 397. The average Bonchev–Trinajstić information content (AvgIpc) is 2.73. The highest BCUT2D eigenvalue weighted by atomic mass is 16.5. The lowest BCUT2D eigenvalue weighted by Gasteiger charge is -2.16. The molecule has 0 bridgehead atoms. The molecular formula is C15H26N2O2. The van der Waals surface area contributed by atoms with E-state index in [0.717, 1.165) is 19.3 Å². The van der Waals surface area contributed by atoms with Crippen molar-refractivity contribution in [1.82, 2.24) is 10.1 Å². The van der Waals surface area contributed by atoms with Gasteiger partial charge in [0.05, 0.1) is 5.92 Å². The molecule has 0 amide bonds. The summed E-state index contributed by atoms with van der Waals surface area (Å²) < 4.78 is 5.24. The normalized spacial score (nSPS) is 13.2. The molecule has 1 atom stereocenters. The number of hydrogen-bond donors (Lipinski definition) is 0. The van der Waals surface area contributed by atoms with Crippen molar-refractivity contribution in [1.29, 1.82) is 0 Å². The minimum absolute atomic E-state index is 0.197. The van der Waals surface area contributed by atoms with E-state index in [2.05, 4.69) is 30.9 Å². The maximum atomic E-state index is 12.3. The lowest BCUT2D eigenvalue weighted by molar-refractivity contribution is -0.122. The summed E-state index contributed by atoms with van der Waals surface area (Å²) in [7, 11) is 0. The van der Waals surface area contributed by atoms with Gasteiger partial charge in [0.25, 0.3) is 0 Å². The molecule has 0 aliphatic rings. The number of hydrogen-bond acceptors (Lipinski definition) is 4. The van der Waals surface area contributed by atoms with Crippen molar-refractivity contribution in [3.8, 4) is 0 Å². The molecule has 0 N–H and O–H groups in total. The maximum Gasteiger partial charge on any atom is 0.226 e. The first-order chi connectivity index (χ1) is 8.95. The van der Waals surface area contributed by atoms with E-state index in [1.165, 1.54) is 0 Å². The van der Waals surface area contributed by atoms with E-state index in [1.54, 1.807) is 0 Å².